The molecule has 0 aliphatic carbocycles. The molecule has 7 heteroatoms. The molecule has 14 heavy (non-hydrogen) atoms. The number of hydrogen-bond acceptors (Lipinski definition) is 3. The second-order valence-corrected chi connectivity index (χ2v) is 2.74. The van der Waals surface area contributed by atoms with Crippen LogP contribution >= 0.6 is 11.6 Å². The monoisotopic (exact) mass is 226 g/mol. The molecule has 1 heterocycles. The Bertz CT molecular complexity index is 288. The maximum Gasteiger partial charge on any atom is 0.392 e. The lowest BCUT2D eigenvalue weighted by Crippen LogP contribution is -2.13. The minimum Gasteiger partial charge on any atom is -0.490 e. The average Bonchev–Trinajstić information content (AvgIpc) is 2.06. The Balaban J connectivity index is 2.35. The number of aromatic nitrogens is 2. The van der Waals surface area contributed by atoms with Crippen molar-refractivity contribution in [3.8, 4) is 5.75 Å². The van der Waals surface area contributed by atoms with Gasteiger partial charge >= 0.3 is 6.18 Å². The number of ether oxygens (including phenoxy) is 1. The lowest BCUT2D eigenvalue weighted by molar-refractivity contribution is -0.139. The fourth-order valence-corrected chi connectivity index (χ4v) is 0.757. The number of hydrogen-bond donors (Lipinski definition) is 0. The van der Waals surface area contributed by atoms with E-state index in [0.29, 0.717) is 0 Å². The molecule has 1 rings (SSSR count). The SMILES string of the molecule is FC(F)(F)CCOc1cnc(Cl)nc1. The van der Waals surface area contributed by atoms with Crippen LogP contribution in [-0.2, 0) is 0 Å². The van der Waals surface area contributed by atoms with Gasteiger partial charge in [0.15, 0.2) is 5.75 Å². The van der Waals surface area contributed by atoms with Gasteiger partial charge in [-0.25, -0.2) is 9.97 Å². The molecule has 0 fully saturated rings. The van der Waals surface area contributed by atoms with Crippen LogP contribution in [-0.4, -0.2) is 22.8 Å². The van der Waals surface area contributed by atoms with E-state index < -0.39 is 19.2 Å². The Kier molecular flexibility index (Phi) is 3.51. The number of halogens is 4. The van der Waals surface area contributed by atoms with Gasteiger partial charge in [0.25, 0.3) is 0 Å². The maximum absolute atomic E-state index is 11.7. The van der Waals surface area contributed by atoms with Gasteiger partial charge in [-0.15, -0.1) is 0 Å². The number of alkyl halides is 3. The summed E-state index contributed by atoms with van der Waals surface area (Å²) >= 11 is 5.36. The molecule has 0 aromatic carbocycles. The van der Waals surface area contributed by atoms with Gasteiger partial charge in [0.1, 0.15) is 0 Å². The molecule has 0 atom stereocenters. The zero-order valence-electron chi connectivity index (χ0n) is 6.88. The summed E-state index contributed by atoms with van der Waals surface area (Å²) in [5.41, 5.74) is 0. The molecule has 0 spiro atoms. The van der Waals surface area contributed by atoms with E-state index in [9.17, 15) is 13.2 Å². The Morgan fingerprint density at radius 3 is 2.36 bits per heavy atom. The minimum absolute atomic E-state index is 0.0215. The van der Waals surface area contributed by atoms with Crippen molar-refractivity contribution >= 4 is 11.6 Å². The van der Waals surface area contributed by atoms with E-state index in [-0.39, 0.29) is 11.0 Å². The van der Waals surface area contributed by atoms with E-state index in [0.717, 1.165) is 0 Å². The smallest absolute Gasteiger partial charge is 0.392 e. The summed E-state index contributed by atoms with van der Waals surface area (Å²) in [6.45, 7) is -0.450. The van der Waals surface area contributed by atoms with E-state index in [1.807, 2.05) is 0 Å². The lowest BCUT2D eigenvalue weighted by Gasteiger charge is -2.07. The van der Waals surface area contributed by atoms with Crippen LogP contribution in [0.25, 0.3) is 0 Å². The summed E-state index contributed by atoms with van der Waals surface area (Å²) in [6, 6.07) is 0. The van der Waals surface area contributed by atoms with Crippen molar-refractivity contribution in [1.82, 2.24) is 9.97 Å². The van der Waals surface area contributed by atoms with Gasteiger partial charge in [-0.05, 0) is 11.6 Å². The summed E-state index contributed by atoms with van der Waals surface area (Å²) in [4.78, 5) is 7.08. The molecule has 1 aromatic heterocycles. The van der Waals surface area contributed by atoms with E-state index in [4.69, 9.17) is 16.3 Å². The molecule has 0 aliphatic heterocycles. The Hall–Kier alpha value is -1.04. The normalized spacial score (nSPS) is 11.4. The third-order valence-corrected chi connectivity index (χ3v) is 1.45. The van der Waals surface area contributed by atoms with Gasteiger partial charge in [-0.3, -0.25) is 0 Å². The summed E-state index contributed by atoms with van der Waals surface area (Å²) in [5, 5.41) is 0.0215. The van der Waals surface area contributed by atoms with Crippen LogP contribution in [0.5, 0.6) is 5.75 Å². The fraction of sp³-hybridized carbons (Fsp3) is 0.429. The van der Waals surface area contributed by atoms with Crippen LogP contribution in [0, 0.1) is 0 Å². The zero-order chi connectivity index (χ0) is 10.6. The van der Waals surface area contributed by atoms with Crippen LogP contribution in [0.2, 0.25) is 5.28 Å². The molecule has 78 valence electrons. The largest absolute Gasteiger partial charge is 0.490 e. The Labute approximate surface area is 82.9 Å². The number of rotatable bonds is 3. The topological polar surface area (TPSA) is 35.0 Å². The van der Waals surface area contributed by atoms with E-state index in [1.54, 1.807) is 0 Å². The summed E-state index contributed by atoms with van der Waals surface area (Å²) in [7, 11) is 0. The van der Waals surface area contributed by atoms with Crippen LogP contribution in [0.1, 0.15) is 6.42 Å². The van der Waals surface area contributed by atoms with Crippen LogP contribution in [0.15, 0.2) is 12.4 Å². The molecule has 0 amide bonds. The van der Waals surface area contributed by atoms with Gasteiger partial charge in [-0.2, -0.15) is 13.2 Å². The minimum atomic E-state index is -4.21. The molecule has 0 aliphatic rings. The van der Waals surface area contributed by atoms with Gasteiger partial charge in [-0.1, -0.05) is 0 Å². The summed E-state index contributed by atoms with van der Waals surface area (Å²) < 4.78 is 39.8. The third kappa shape index (κ3) is 4.27. The molecule has 3 nitrogen and oxygen atoms in total. The highest BCUT2D eigenvalue weighted by Gasteiger charge is 2.26. The van der Waals surface area contributed by atoms with Crippen LogP contribution in [0.4, 0.5) is 13.2 Å². The van der Waals surface area contributed by atoms with E-state index in [2.05, 4.69) is 9.97 Å². The van der Waals surface area contributed by atoms with Crippen molar-refractivity contribution in [2.45, 2.75) is 12.6 Å². The van der Waals surface area contributed by atoms with Gasteiger partial charge in [0, 0.05) is 0 Å². The summed E-state index contributed by atoms with van der Waals surface area (Å²) in [6.07, 6.45) is -2.79. The van der Waals surface area contributed by atoms with E-state index in [1.165, 1.54) is 12.4 Å². The fourth-order valence-electron chi connectivity index (χ4n) is 0.660. The van der Waals surface area contributed by atoms with Gasteiger partial charge < -0.3 is 4.74 Å². The first kappa shape index (κ1) is 11.0. The van der Waals surface area contributed by atoms with Crippen molar-refractivity contribution < 1.29 is 17.9 Å². The first-order chi connectivity index (χ1) is 6.47. The Morgan fingerprint density at radius 2 is 1.86 bits per heavy atom. The van der Waals surface area contributed by atoms with Crippen molar-refractivity contribution in [1.29, 1.82) is 0 Å². The molecule has 0 bridgehead atoms. The van der Waals surface area contributed by atoms with Crippen molar-refractivity contribution in [3.63, 3.8) is 0 Å². The van der Waals surface area contributed by atoms with Crippen molar-refractivity contribution in [2.75, 3.05) is 6.61 Å². The van der Waals surface area contributed by atoms with Gasteiger partial charge in [0.05, 0.1) is 25.4 Å². The molecular formula is C7H6ClF3N2O. The molecule has 0 radical (unpaired) electrons. The molecule has 0 saturated carbocycles. The highest BCUT2D eigenvalue weighted by molar-refractivity contribution is 6.28. The quantitative estimate of drug-likeness (QED) is 0.743. The maximum atomic E-state index is 11.7. The molecule has 1 aromatic rings. The van der Waals surface area contributed by atoms with Crippen molar-refractivity contribution in [2.24, 2.45) is 0 Å². The highest BCUT2D eigenvalue weighted by atomic mass is 35.5. The zero-order valence-corrected chi connectivity index (χ0v) is 7.64. The first-order valence-corrected chi connectivity index (χ1v) is 4.02. The van der Waals surface area contributed by atoms with E-state index >= 15 is 0 Å². The van der Waals surface area contributed by atoms with Crippen LogP contribution in [0.3, 0.4) is 0 Å². The average molecular weight is 227 g/mol. The standard InChI is InChI=1S/C7H6ClF3N2O/c8-6-12-3-5(4-13-6)14-2-1-7(9,10)11/h3-4H,1-2H2. The third-order valence-electron chi connectivity index (χ3n) is 1.25. The predicted octanol–water partition coefficient (Wildman–Crippen LogP) is 2.46. The number of nitrogens with zero attached hydrogens (tertiary/aromatic N) is 2. The molecule has 0 N–H and O–H groups in total. The Morgan fingerprint density at radius 1 is 1.29 bits per heavy atom. The second-order valence-electron chi connectivity index (χ2n) is 2.40. The molecule has 0 saturated heterocycles. The van der Waals surface area contributed by atoms with Gasteiger partial charge in [0.2, 0.25) is 5.28 Å². The molecular weight excluding hydrogens is 221 g/mol. The highest BCUT2D eigenvalue weighted by Crippen LogP contribution is 2.19. The first-order valence-electron chi connectivity index (χ1n) is 3.64. The predicted molar refractivity (Wildman–Crippen MR) is 43.2 cm³/mol. The summed E-state index contributed by atoms with van der Waals surface area (Å²) in [5.74, 6) is 0.165. The second kappa shape index (κ2) is 4.45. The van der Waals surface area contributed by atoms with Crippen molar-refractivity contribution in [3.05, 3.63) is 17.7 Å². The lowest BCUT2D eigenvalue weighted by atomic mass is 10.4. The van der Waals surface area contributed by atoms with Crippen LogP contribution < -0.4 is 4.74 Å². The molecule has 0 unspecified atom stereocenters.